The number of amides is 1. The Hall–Kier alpha value is -1.99. The summed E-state index contributed by atoms with van der Waals surface area (Å²) in [5.41, 5.74) is 1.46. The number of halogens is 3. The molecular formula is C18H21ClF2N4O. The van der Waals surface area contributed by atoms with E-state index in [2.05, 4.69) is 10.00 Å². The van der Waals surface area contributed by atoms with Crippen molar-refractivity contribution in [2.45, 2.75) is 26.4 Å². The number of aryl methyl sites for hydroxylation is 1. The van der Waals surface area contributed by atoms with E-state index in [1.807, 2.05) is 24.3 Å². The van der Waals surface area contributed by atoms with Crippen LogP contribution in [0.4, 0.5) is 8.78 Å². The number of alkyl halides is 2. The molecule has 0 N–H and O–H groups in total. The zero-order chi connectivity index (χ0) is 18.7. The average molecular weight is 383 g/mol. The summed E-state index contributed by atoms with van der Waals surface area (Å²) >= 11 is 5.90. The lowest BCUT2D eigenvalue weighted by molar-refractivity contribution is -0.133. The summed E-state index contributed by atoms with van der Waals surface area (Å²) in [6.07, 6.45) is -2.62. The van der Waals surface area contributed by atoms with Gasteiger partial charge in [-0.3, -0.25) is 14.4 Å². The van der Waals surface area contributed by atoms with Crippen LogP contribution in [-0.2, 0) is 17.9 Å². The molecular weight excluding hydrogens is 362 g/mol. The molecule has 2 aromatic rings. The van der Waals surface area contributed by atoms with E-state index in [1.165, 1.54) is 16.3 Å². The second kappa shape index (κ2) is 8.14. The molecule has 0 bridgehead atoms. The minimum Gasteiger partial charge on any atom is -0.339 e. The van der Waals surface area contributed by atoms with Gasteiger partial charge in [0.1, 0.15) is 12.2 Å². The van der Waals surface area contributed by atoms with E-state index in [-0.39, 0.29) is 18.1 Å². The van der Waals surface area contributed by atoms with Crippen molar-refractivity contribution in [3.8, 4) is 0 Å². The molecule has 1 fully saturated rings. The Kier molecular flexibility index (Phi) is 5.88. The molecule has 0 atom stereocenters. The molecule has 140 valence electrons. The molecule has 8 heteroatoms. The minimum absolute atomic E-state index is 0.00423. The molecule has 26 heavy (non-hydrogen) atoms. The third kappa shape index (κ3) is 4.59. The van der Waals surface area contributed by atoms with Gasteiger partial charge in [-0.25, -0.2) is 8.78 Å². The van der Waals surface area contributed by atoms with Crippen LogP contribution in [0.5, 0.6) is 0 Å². The van der Waals surface area contributed by atoms with Gasteiger partial charge in [-0.05, 0) is 30.7 Å². The first-order valence-electron chi connectivity index (χ1n) is 8.49. The molecule has 1 aromatic carbocycles. The van der Waals surface area contributed by atoms with Crippen LogP contribution in [0.1, 0.15) is 23.4 Å². The maximum absolute atomic E-state index is 12.7. The predicted molar refractivity (Wildman–Crippen MR) is 95.2 cm³/mol. The first-order valence-corrected chi connectivity index (χ1v) is 8.87. The van der Waals surface area contributed by atoms with Crippen LogP contribution in [0.3, 0.4) is 0 Å². The highest BCUT2D eigenvalue weighted by molar-refractivity contribution is 6.30. The highest BCUT2D eigenvalue weighted by Gasteiger charge is 2.22. The fraction of sp³-hybridized carbons (Fsp3) is 0.444. The summed E-state index contributed by atoms with van der Waals surface area (Å²) in [6.45, 7) is 5.27. The Morgan fingerprint density at radius 3 is 2.42 bits per heavy atom. The molecule has 2 heterocycles. The lowest BCUT2D eigenvalue weighted by atomic mass is 10.2. The number of rotatable bonds is 5. The quantitative estimate of drug-likeness (QED) is 0.797. The summed E-state index contributed by atoms with van der Waals surface area (Å²) in [5.74, 6) is -0.0943. The maximum Gasteiger partial charge on any atom is 0.282 e. The van der Waals surface area contributed by atoms with Crippen LogP contribution in [0.2, 0.25) is 5.02 Å². The molecule has 0 unspecified atom stereocenters. The van der Waals surface area contributed by atoms with Crippen molar-refractivity contribution in [3.63, 3.8) is 0 Å². The Bertz CT molecular complexity index is 755. The molecule has 0 saturated carbocycles. The number of hydrogen-bond donors (Lipinski definition) is 0. The summed E-state index contributed by atoms with van der Waals surface area (Å²) in [7, 11) is 0. The van der Waals surface area contributed by atoms with Crippen LogP contribution in [-0.4, -0.2) is 51.7 Å². The molecule has 1 aromatic heterocycles. The summed E-state index contributed by atoms with van der Waals surface area (Å²) in [6, 6.07) is 9.07. The lowest BCUT2D eigenvalue weighted by Crippen LogP contribution is -2.49. The van der Waals surface area contributed by atoms with Crippen LogP contribution >= 0.6 is 11.6 Å². The Morgan fingerprint density at radius 2 is 1.85 bits per heavy atom. The SMILES string of the molecule is Cc1cc(C(F)F)nn1CC(=O)N1CCN(Cc2ccc(Cl)cc2)CC1. The van der Waals surface area contributed by atoms with Crippen molar-refractivity contribution in [1.82, 2.24) is 19.6 Å². The van der Waals surface area contributed by atoms with E-state index in [0.29, 0.717) is 23.8 Å². The van der Waals surface area contributed by atoms with E-state index in [4.69, 9.17) is 11.6 Å². The van der Waals surface area contributed by atoms with E-state index < -0.39 is 6.43 Å². The second-order valence-electron chi connectivity index (χ2n) is 6.45. The highest BCUT2D eigenvalue weighted by Crippen LogP contribution is 2.18. The lowest BCUT2D eigenvalue weighted by Gasteiger charge is -2.34. The van der Waals surface area contributed by atoms with Gasteiger partial charge in [0.25, 0.3) is 6.43 Å². The van der Waals surface area contributed by atoms with Gasteiger partial charge in [0.15, 0.2) is 0 Å². The number of carbonyl (C=O) groups excluding carboxylic acids is 1. The van der Waals surface area contributed by atoms with Crippen molar-refractivity contribution < 1.29 is 13.6 Å². The number of piperazine rings is 1. The van der Waals surface area contributed by atoms with E-state index in [0.717, 1.165) is 19.6 Å². The van der Waals surface area contributed by atoms with Gasteiger partial charge < -0.3 is 4.90 Å². The van der Waals surface area contributed by atoms with Crippen molar-refractivity contribution in [2.24, 2.45) is 0 Å². The Balaban J connectivity index is 1.51. The van der Waals surface area contributed by atoms with Crippen molar-refractivity contribution in [1.29, 1.82) is 0 Å². The number of benzene rings is 1. The molecule has 0 spiro atoms. The second-order valence-corrected chi connectivity index (χ2v) is 6.89. The van der Waals surface area contributed by atoms with Gasteiger partial charge in [-0.2, -0.15) is 5.10 Å². The summed E-state index contributed by atoms with van der Waals surface area (Å²) < 4.78 is 26.8. The van der Waals surface area contributed by atoms with Crippen LogP contribution < -0.4 is 0 Å². The third-order valence-electron chi connectivity index (χ3n) is 4.55. The molecule has 0 aliphatic carbocycles. The highest BCUT2D eigenvalue weighted by atomic mass is 35.5. The Morgan fingerprint density at radius 1 is 1.19 bits per heavy atom. The molecule has 1 aliphatic heterocycles. The number of nitrogens with zero attached hydrogens (tertiary/aromatic N) is 4. The summed E-state index contributed by atoms with van der Waals surface area (Å²) in [5, 5.41) is 4.54. The molecule has 3 rings (SSSR count). The van der Waals surface area contributed by atoms with Gasteiger partial charge in [0, 0.05) is 43.4 Å². The van der Waals surface area contributed by atoms with Gasteiger partial charge in [-0.15, -0.1) is 0 Å². The zero-order valence-electron chi connectivity index (χ0n) is 14.5. The Labute approximate surface area is 156 Å². The average Bonchev–Trinajstić information content (AvgIpc) is 2.98. The first-order chi connectivity index (χ1) is 12.4. The van der Waals surface area contributed by atoms with Gasteiger partial charge in [-0.1, -0.05) is 23.7 Å². The fourth-order valence-corrected chi connectivity index (χ4v) is 3.16. The zero-order valence-corrected chi connectivity index (χ0v) is 15.3. The largest absolute Gasteiger partial charge is 0.339 e. The van der Waals surface area contributed by atoms with Crippen molar-refractivity contribution in [2.75, 3.05) is 26.2 Å². The number of carbonyl (C=O) groups is 1. The van der Waals surface area contributed by atoms with Crippen molar-refractivity contribution >= 4 is 17.5 Å². The van der Waals surface area contributed by atoms with E-state index >= 15 is 0 Å². The van der Waals surface area contributed by atoms with E-state index in [1.54, 1.807) is 11.8 Å². The van der Waals surface area contributed by atoms with Gasteiger partial charge in [0.05, 0.1) is 0 Å². The molecule has 1 aliphatic rings. The van der Waals surface area contributed by atoms with Crippen LogP contribution in [0, 0.1) is 6.92 Å². The smallest absolute Gasteiger partial charge is 0.282 e. The van der Waals surface area contributed by atoms with Crippen molar-refractivity contribution in [3.05, 3.63) is 52.3 Å². The topological polar surface area (TPSA) is 41.4 Å². The normalized spacial score (nSPS) is 15.7. The molecule has 0 radical (unpaired) electrons. The van der Waals surface area contributed by atoms with Gasteiger partial charge >= 0.3 is 0 Å². The third-order valence-corrected chi connectivity index (χ3v) is 4.81. The maximum atomic E-state index is 12.7. The van der Waals surface area contributed by atoms with Crippen LogP contribution in [0.15, 0.2) is 30.3 Å². The molecule has 5 nitrogen and oxygen atoms in total. The van der Waals surface area contributed by atoms with E-state index in [9.17, 15) is 13.6 Å². The van der Waals surface area contributed by atoms with Crippen LogP contribution in [0.25, 0.3) is 0 Å². The first kappa shape index (κ1) is 18.8. The number of aromatic nitrogens is 2. The van der Waals surface area contributed by atoms with Gasteiger partial charge in [0.2, 0.25) is 5.91 Å². The standard InChI is InChI=1S/C18H21ClF2N4O/c1-13-10-16(18(20)21)22-25(13)12-17(26)24-8-6-23(7-9-24)11-14-2-4-15(19)5-3-14/h2-5,10,18H,6-9,11-12H2,1H3. The fourth-order valence-electron chi connectivity index (χ4n) is 3.03. The molecule has 1 saturated heterocycles. The predicted octanol–water partition coefficient (Wildman–Crippen LogP) is 3.13. The monoisotopic (exact) mass is 382 g/mol. The molecule has 1 amide bonds. The summed E-state index contributed by atoms with van der Waals surface area (Å²) in [4.78, 5) is 16.5. The number of hydrogen-bond acceptors (Lipinski definition) is 3. The minimum atomic E-state index is -2.62.